The summed E-state index contributed by atoms with van der Waals surface area (Å²) in [6, 6.07) is 5.94. The van der Waals surface area contributed by atoms with Crippen LogP contribution in [0.4, 0.5) is 5.95 Å². The second kappa shape index (κ2) is 3.06. The Labute approximate surface area is 94.4 Å². The molecule has 1 aliphatic heterocycles. The summed E-state index contributed by atoms with van der Waals surface area (Å²) in [7, 11) is 0. The Bertz CT molecular complexity index is 561. The molecule has 0 saturated carbocycles. The molecule has 0 bridgehead atoms. The molecule has 0 saturated heterocycles. The van der Waals surface area contributed by atoms with E-state index < -0.39 is 0 Å². The first-order valence-corrected chi connectivity index (χ1v) is 5.49. The zero-order valence-corrected chi connectivity index (χ0v) is 9.41. The van der Waals surface area contributed by atoms with E-state index in [4.69, 9.17) is 0 Å². The monoisotopic (exact) mass is 265 g/mol. The Morgan fingerprint density at radius 3 is 3.20 bits per heavy atom. The molecule has 76 valence electrons. The summed E-state index contributed by atoms with van der Waals surface area (Å²) in [5, 5.41) is 2.77. The van der Waals surface area contributed by atoms with Crippen LogP contribution in [-0.4, -0.2) is 15.5 Å². The lowest BCUT2D eigenvalue weighted by Crippen LogP contribution is -2.23. The number of carbonyl (C=O) groups excluding carboxylic acids is 1. The number of halogens is 1. The van der Waals surface area contributed by atoms with Gasteiger partial charge in [0.05, 0.1) is 11.0 Å². The predicted molar refractivity (Wildman–Crippen MR) is 60.7 cm³/mol. The number of nitrogens with one attached hydrogen (secondary N) is 1. The average Bonchev–Trinajstić information content (AvgIpc) is 2.53. The van der Waals surface area contributed by atoms with E-state index in [-0.39, 0.29) is 5.91 Å². The van der Waals surface area contributed by atoms with Gasteiger partial charge in [-0.15, -0.1) is 0 Å². The van der Waals surface area contributed by atoms with Crippen LogP contribution >= 0.6 is 15.9 Å². The Kier molecular flexibility index (Phi) is 1.82. The normalized spacial score (nSPS) is 15.1. The maximum absolute atomic E-state index is 11.2. The lowest BCUT2D eigenvalue weighted by molar-refractivity contribution is -0.116. The number of imidazole rings is 1. The molecule has 0 spiro atoms. The molecule has 0 radical (unpaired) electrons. The number of fused-ring (bicyclic) bond motifs is 3. The van der Waals surface area contributed by atoms with Crippen molar-refractivity contribution in [2.24, 2.45) is 0 Å². The van der Waals surface area contributed by atoms with Crippen molar-refractivity contribution in [3.63, 3.8) is 0 Å². The zero-order valence-electron chi connectivity index (χ0n) is 7.83. The molecule has 1 aliphatic rings. The molecule has 1 aromatic carbocycles. The fraction of sp³-hybridized carbons (Fsp3) is 0.200. The first kappa shape index (κ1) is 8.91. The topological polar surface area (TPSA) is 46.9 Å². The van der Waals surface area contributed by atoms with Gasteiger partial charge in [0, 0.05) is 17.4 Å². The highest BCUT2D eigenvalue weighted by Crippen LogP contribution is 2.25. The van der Waals surface area contributed by atoms with Crippen molar-refractivity contribution in [1.29, 1.82) is 0 Å². The van der Waals surface area contributed by atoms with E-state index in [1.165, 1.54) is 0 Å². The van der Waals surface area contributed by atoms with Crippen LogP contribution in [-0.2, 0) is 11.3 Å². The maximum atomic E-state index is 11.2. The van der Waals surface area contributed by atoms with Gasteiger partial charge in [0.2, 0.25) is 11.9 Å². The van der Waals surface area contributed by atoms with Crippen LogP contribution < -0.4 is 5.32 Å². The molecule has 0 fully saturated rings. The third kappa shape index (κ3) is 1.34. The fourth-order valence-electron chi connectivity index (χ4n) is 1.83. The highest BCUT2D eigenvalue weighted by atomic mass is 79.9. The van der Waals surface area contributed by atoms with Crippen LogP contribution in [0.1, 0.15) is 6.42 Å². The van der Waals surface area contributed by atoms with Crippen LogP contribution in [0.15, 0.2) is 22.7 Å². The number of carbonyl (C=O) groups is 1. The number of hydrogen-bond acceptors (Lipinski definition) is 2. The number of rotatable bonds is 0. The van der Waals surface area contributed by atoms with Crippen LogP contribution in [0, 0.1) is 0 Å². The molecular formula is C10H8BrN3O. The Morgan fingerprint density at radius 1 is 1.47 bits per heavy atom. The number of anilines is 1. The van der Waals surface area contributed by atoms with Gasteiger partial charge in [-0.25, -0.2) is 4.98 Å². The van der Waals surface area contributed by atoms with Crippen molar-refractivity contribution in [3.05, 3.63) is 22.7 Å². The molecule has 0 aliphatic carbocycles. The van der Waals surface area contributed by atoms with Crippen molar-refractivity contribution in [2.75, 3.05) is 5.32 Å². The van der Waals surface area contributed by atoms with Gasteiger partial charge < -0.3 is 4.57 Å². The standard InChI is InChI=1S/C10H8BrN3O/c11-6-1-2-8-7(5-6)12-10-13-9(15)3-4-14(8)10/h1-2,5H,3-4H2,(H,12,13,15). The minimum absolute atomic E-state index is 0.0388. The summed E-state index contributed by atoms with van der Waals surface area (Å²) in [5.41, 5.74) is 1.97. The summed E-state index contributed by atoms with van der Waals surface area (Å²) in [5.74, 6) is 0.691. The minimum atomic E-state index is 0.0388. The fourth-order valence-corrected chi connectivity index (χ4v) is 2.17. The van der Waals surface area contributed by atoms with E-state index in [0.717, 1.165) is 15.5 Å². The summed E-state index contributed by atoms with van der Waals surface area (Å²) >= 11 is 3.40. The summed E-state index contributed by atoms with van der Waals surface area (Å²) in [6.45, 7) is 0.708. The molecule has 5 heteroatoms. The average molecular weight is 266 g/mol. The molecule has 0 unspecified atom stereocenters. The van der Waals surface area contributed by atoms with E-state index in [9.17, 15) is 4.79 Å². The molecule has 4 nitrogen and oxygen atoms in total. The van der Waals surface area contributed by atoms with Gasteiger partial charge in [-0.2, -0.15) is 0 Å². The summed E-state index contributed by atoms with van der Waals surface area (Å²) in [4.78, 5) is 15.6. The third-order valence-corrected chi connectivity index (χ3v) is 3.02. The number of nitrogens with zero attached hydrogens (tertiary/aromatic N) is 2. The maximum Gasteiger partial charge on any atom is 0.228 e. The first-order valence-electron chi connectivity index (χ1n) is 4.70. The molecule has 3 rings (SSSR count). The van der Waals surface area contributed by atoms with Gasteiger partial charge in [0.15, 0.2) is 0 Å². The van der Waals surface area contributed by atoms with Crippen molar-refractivity contribution in [2.45, 2.75) is 13.0 Å². The Balaban J connectivity index is 2.27. The quantitative estimate of drug-likeness (QED) is 0.794. The molecule has 2 aromatic rings. The molecule has 1 N–H and O–H groups in total. The summed E-state index contributed by atoms with van der Waals surface area (Å²) in [6.07, 6.45) is 0.522. The molecular weight excluding hydrogens is 258 g/mol. The molecule has 0 atom stereocenters. The van der Waals surface area contributed by atoms with Crippen molar-refractivity contribution in [3.8, 4) is 0 Å². The van der Waals surface area contributed by atoms with Gasteiger partial charge in [0.25, 0.3) is 0 Å². The lowest BCUT2D eigenvalue weighted by Gasteiger charge is -2.14. The van der Waals surface area contributed by atoms with Crippen LogP contribution in [0.2, 0.25) is 0 Å². The smallest absolute Gasteiger partial charge is 0.228 e. The van der Waals surface area contributed by atoms with Crippen LogP contribution in [0.5, 0.6) is 0 Å². The van der Waals surface area contributed by atoms with E-state index in [0.29, 0.717) is 18.9 Å². The van der Waals surface area contributed by atoms with E-state index in [2.05, 4.69) is 26.2 Å². The van der Waals surface area contributed by atoms with E-state index in [1.54, 1.807) is 0 Å². The number of aromatic nitrogens is 2. The minimum Gasteiger partial charge on any atom is -0.309 e. The second-order valence-corrected chi connectivity index (χ2v) is 4.43. The van der Waals surface area contributed by atoms with Crippen molar-refractivity contribution in [1.82, 2.24) is 9.55 Å². The van der Waals surface area contributed by atoms with Crippen molar-refractivity contribution >= 4 is 38.8 Å². The van der Waals surface area contributed by atoms with Gasteiger partial charge in [-0.3, -0.25) is 10.1 Å². The largest absolute Gasteiger partial charge is 0.309 e. The Morgan fingerprint density at radius 2 is 2.33 bits per heavy atom. The van der Waals surface area contributed by atoms with Crippen molar-refractivity contribution < 1.29 is 4.79 Å². The van der Waals surface area contributed by atoms with Crippen LogP contribution in [0.3, 0.4) is 0 Å². The van der Waals surface area contributed by atoms with Gasteiger partial charge in [0.1, 0.15) is 0 Å². The molecule has 2 heterocycles. The first-order chi connectivity index (χ1) is 7.24. The number of amides is 1. The zero-order chi connectivity index (χ0) is 10.4. The van der Waals surface area contributed by atoms with E-state index >= 15 is 0 Å². The van der Waals surface area contributed by atoms with E-state index in [1.807, 2.05) is 22.8 Å². The van der Waals surface area contributed by atoms with Gasteiger partial charge >= 0.3 is 0 Å². The molecule has 1 amide bonds. The number of hydrogen-bond donors (Lipinski definition) is 1. The highest BCUT2D eigenvalue weighted by Gasteiger charge is 2.18. The van der Waals surface area contributed by atoms with Crippen LogP contribution in [0.25, 0.3) is 11.0 Å². The number of aryl methyl sites for hydroxylation is 1. The lowest BCUT2D eigenvalue weighted by atomic mass is 10.3. The SMILES string of the molecule is O=C1CCn2c(nc3cc(Br)ccc32)N1. The second-order valence-electron chi connectivity index (χ2n) is 3.52. The number of benzene rings is 1. The highest BCUT2D eigenvalue weighted by molar-refractivity contribution is 9.10. The predicted octanol–water partition coefficient (Wildman–Crippen LogP) is 2.14. The van der Waals surface area contributed by atoms with Gasteiger partial charge in [-0.05, 0) is 18.2 Å². The Hall–Kier alpha value is -1.36. The van der Waals surface area contributed by atoms with Gasteiger partial charge in [-0.1, -0.05) is 15.9 Å². The third-order valence-electron chi connectivity index (χ3n) is 2.52. The molecule has 15 heavy (non-hydrogen) atoms. The summed E-state index contributed by atoms with van der Waals surface area (Å²) < 4.78 is 3.03. The molecule has 1 aromatic heterocycles.